The molecule has 1 aromatic heterocycles. The molecular formula is C22H24N2O2S. The lowest BCUT2D eigenvalue weighted by Gasteiger charge is -2.26. The van der Waals surface area contributed by atoms with Crippen LogP contribution in [0.1, 0.15) is 22.5 Å². The van der Waals surface area contributed by atoms with Gasteiger partial charge in [0, 0.05) is 6.54 Å². The second kappa shape index (κ2) is 8.73. The Morgan fingerprint density at radius 1 is 1.04 bits per heavy atom. The Labute approximate surface area is 165 Å². The monoisotopic (exact) mass is 380 g/mol. The van der Waals surface area contributed by atoms with E-state index in [4.69, 9.17) is 21.4 Å². The number of hydrogen-bond donors (Lipinski definition) is 1. The fourth-order valence-corrected chi connectivity index (χ4v) is 3.16. The van der Waals surface area contributed by atoms with Gasteiger partial charge < -0.3 is 19.4 Å². The summed E-state index contributed by atoms with van der Waals surface area (Å²) in [5.41, 5.74) is 4.41. The number of nitrogens with zero attached hydrogens (tertiary/aromatic N) is 1. The average Bonchev–Trinajstić information content (AvgIpc) is 3.15. The van der Waals surface area contributed by atoms with Crippen LogP contribution in [0.3, 0.4) is 0 Å². The van der Waals surface area contributed by atoms with Gasteiger partial charge >= 0.3 is 0 Å². The molecule has 0 aliphatic heterocycles. The van der Waals surface area contributed by atoms with Gasteiger partial charge in [0.1, 0.15) is 11.5 Å². The third kappa shape index (κ3) is 5.11. The molecule has 0 saturated carbocycles. The number of furan rings is 1. The average molecular weight is 381 g/mol. The van der Waals surface area contributed by atoms with Gasteiger partial charge in [-0.1, -0.05) is 35.9 Å². The number of aryl methyl sites for hydroxylation is 2. The summed E-state index contributed by atoms with van der Waals surface area (Å²) in [5.74, 6) is 1.63. The first kappa shape index (κ1) is 19.0. The van der Waals surface area contributed by atoms with E-state index in [2.05, 4.69) is 41.4 Å². The van der Waals surface area contributed by atoms with Crippen molar-refractivity contribution in [2.75, 3.05) is 12.4 Å². The molecule has 0 saturated heterocycles. The molecule has 0 fully saturated rings. The van der Waals surface area contributed by atoms with Gasteiger partial charge in [0.15, 0.2) is 5.11 Å². The first-order valence-electron chi connectivity index (χ1n) is 8.83. The summed E-state index contributed by atoms with van der Waals surface area (Å²) < 4.78 is 11.0. The van der Waals surface area contributed by atoms with Gasteiger partial charge in [-0.05, 0) is 61.5 Å². The Morgan fingerprint density at radius 3 is 2.56 bits per heavy atom. The molecule has 0 amide bonds. The largest absolute Gasteiger partial charge is 0.495 e. The second-order valence-electron chi connectivity index (χ2n) is 6.56. The van der Waals surface area contributed by atoms with Gasteiger partial charge in [0.05, 0.1) is 25.6 Å². The van der Waals surface area contributed by atoms with Crippen molar-refractivity contribution in [3.05, 3.63) is 83.3 Å². The normalized spacial score (nSPS) is 10.5. The van der Waals surface area contributed by atoms with Crippen molar-refractivity contribution in [1.82, 2.24) is 4.90 Å². The summed E-state index contributed by atoms with van der Waals surface area (Å²) in [5, 5.41) is 3.95. The minimum Gasteiger partial charge on any atom is -0.495 e. The zero-order valence-electron chi connectivity index (χ0n) is 15.9. The molecule has 3 aromatic rings. The molecule has 5 heteroatoms. The van der Waals surface area contributed by atoms with Gasteiger partial charge in [0.25, 0.3) is 0 Å². The van der Waals surface area contributed by atoms with E-state index in [9.17, 15) is 0 Å². The van der Waals surface area contributed by atoms with Gasteiger partial charge in [0.2, 0.25) is 0 Å². The predicted octanol–water partition coefficient (Wildman–Crippen LogP) is 5.30. The van der Waals surface area contributed by atoms with Crippen molar-refractivity contribution in [3.63, 3.8) is 0 Å². The summed E-state index contributed by atoms with van der Waals surface area (Å²) >= 11 is 5.72. The number of anilines is 1. The van der Waals surface area contributed by atoms with Crippen molar-refractivity contribution in [3.8, 4) is 5.75 Å². The molecule has 0 bridgehead atoms. The molecule has 1 heterocycles. The van der Waals surface area contributed by atoms with E-state index in [1.807, 2.05) is 37.3 Å². The molecule has 0 atom stereocenters. The number of nitrogens with one attached hydrogen (secondary N) is 1. The lowest BCUT2D eigenvalue weighted by atomic mass is 10.1. The van der Waals surface area contributed by atoms with E-state index in [0.717, 1.165) is 22.8 Å². The summed E-state index contributed by atoms with van der Waals surface area (Å²) in [4.78, 5) is 2.09. The first-order chi connectivity index (χ1) is 13.0. The van der Waals surface area contributed by atoms with E-state index in [-0.39, 0.29) is 0 Å². The van der Waals surface area contributed by atoms with Crippen LogP contribution in [0.4, 0.5) is 5.69 Å². The number of benzene rings is 2. The van der Waals surface area contributed by atoms with Crippen LogP contribution in [0.15, 0.2) is 65.3 Å². The molecule has 2 aromatic carbocycles. The van der Waals surface area contributed by atoms with Crippen LogP contribution in [-0.4, -0.2) is 17.1 Å². The van der Waals surface area contributed by atoms with Crippen LogP contribution in [0.25, 0.3) is 0 Å². The van der Waals surface area contributed by atoms with Gasteiger partial charge in [-0.3, -0.25) is 0 Å². The number of rotatable bonds is 6. The Hall–Kier alpha value is -2.79. The molecule has 0 aliphatic rings. The predicted molar refractivity (Wildman–Crippen MR) is 113 cm³/mol. The molecular weight excluding hydrogens is 356 g/mol. The smallest absolute Gasteiger partial charge is 0.174 e. The van der Waals surface area contributed by atoms with E-state index in [1.165, 1.54) is 11.1 Å². The Balaban J connectivity index is 1.82. The zero-order chi connectivity index (χ0) is 19.2. The number of ether oxygens (including phenoxy) is 1. The van der Waals surface area contributed by atoms with Crippen LogP contribution in [0.5, 0.6) is 5.75 Å². The molecule has 140 valence electrons. The first-order valence-corrected chi connectivity index (χ1v) is 9.24. The zero-order valence-corrected chi connectivity index (χ0v) is 16.7. The van der Waals surface area contributed by atoms with Crippen molar-refractivity contribution in [2.24, 2.45) is 0 Å². The minimum atomic E-state index is 0.584. The van der Waals surface area contributed by atoms with E-state index in [0.29, 0.717) is 18.2 Å². The maximum atomic E-state index is 5.72. The standard InChI is InChI=1S/C22H24N2O2S/c1-16-6-4-7-18(12-16)14-24(15-19-8-5-11-26-19)22(27)23-20-10-9-17(2)13-21(20)25-3/h4-13H,14-15H2,1-3H3,(H,23,27). The van der Waals surface area contributed by atoms with Crippen LogP contribution in [0, 0.1) is 13.8 Å². The quantitative estimate of drug-likeness (QED) is 0.587. The summed E-state index contributed by atoms with van der Waals surface area (Å²) in [6.07, 6.45) is 1.68. The third-order valence-electron chi connectivity index (χ3n) is 4.27. The SMILES string of the molecule is COc1cc(C)ccc1NC(=S)N(Cc1cccc(C)c1)Cc1ccco1. The molecule has 27 heavy (non-hydrogen) atoms. The third-order valence-corrected chi connectivity index (χ3v) is 4.63. The fourth-order valence-electron chi connectivity index (χ4n) is 2.92. The Bertz CT molecular complexity index is 906. The van der Waals surface area contributed by atoms with Gasteiger partial charge in [-0.25, -0.2) is 0 Å². The molecule has 4 nitrogen and oxygen atoms in total. The van der Waals surface area contributed by atoms with E-state index >= 15 is 0 Å². The summed E-state index contributed by atoms with van der Waals surface area (Å²) in [7, 11) is 1.66. The lowest BCUT2D eigenvalue weighted by molar-refractivity contribution is 0.360. The van der Waals surface area contributed by atoms with Crippen molar-refractivity contribution in [2.45, 2.75) is 26.9 Å². The van der Waals surface area contributed by atoms with Crippen LogP contribution in [-0.2, 0) is 13.1 Å². The summed E-state index contributed by atoms with van der Waals surface area (Å²) in [6.45, 7) is 5.39. The van der Waals surface area contributed by atoms with Crippen molar-refractivity contribution < 1.29 is 9.15 Å². The Morgan fingerprint density at radius 2 is 1.85 bits per heavy atom. The number of methoxy groups -OCH3 is 1. The van der Waals surface area contributed by atoms with Crippen LogP contribution in [0.2, 0.25) is 0 Å². The van der Waals surface area contributed by atoms with Gasteiger partial charge in [-0.2, -0.15) is 0 Å². The number of hydrogen-bond acceptors (Lipinski definition) is 3. The van der Waals surface area contributed by atoms with Crippen molar-refractivity contribution >= 4 is 23.0 Å². The highest BCUT2D eigenvalue weighted by molar-refractivity contribution is 7.80. The maximum absolute atomic E-state index is 5.72. The molecule has 0 unspecified atom stereocenters. The highest BCUT2D eigenvalue weighted by Crippen LogP contribution is 2.26. The van der Waals surface area contributed by atoms with Crippen molar-refractivity contribution in [1.29, 1.82) is 0 Å². The molecule has 0 radical (unpaired) electrons. The van der Waals surface area contributed by atoms with Gasteiger partial charge in [-0.15, -0.1) is 0 Å². The van der Waals surface area contributed by atoms with Crippen LogP contribution < -0.4 is 10.1 Å². The lowest BCUT2D eigenvalue weighted by Crippen LogP contribution is -2.33. The molecule has 0 aliphatic carbocycles. The molecule has 1 N–H and O–H groups in total. The summed E-state index contributed by atoms with van der Waals surface area (Å²) in [6, 6.07) is 18.3. The maximum Gasteiger partial charge on any atom is 0.174 e. The van der Waals surface area contributed by atoms with Crippen LogP contribution >= 0.6 is 12.2 Å². The topological polar surface area (TPSA) is 37.6 Å². The molecule has 3 rings (SSSR count). The molecule has 0 spiro atoms. The van der Waals surface area contributed by atoms with E-state index in [1.54, 1.807) is 13.4 Å². The highest BCUT2D eigenvalue weighted by atomic mass is 32.1. The highest BCUT2D eigenvalue weighted by Gasteiger charge is 2.15. The fraction of sp³-hybridized carbons (Fsp3) is 0.227. The van der Waals surface area contributed by atoms with E-state index < -0.39 is 0 Å². The second-order valence-corrected chi connectivity index (χ2v) is 6.95. The Kier molecular flexibility index (Phi) is 6.14. The minimum absolute atomic E-state index is 0.584. The number of thiocarbonyl (C=S) groups is 1.